The molecule has 2 aliphatic rings. The van der Waals surface area contributed by atoms with Gasteiger partial charge in [-0.05, 0) is 36.5 Å². The molecule has 3 aromatic rings. The van der Waals surface area contributed by atoms with Crippen LogP contribution in [0.4, 0.5) is 5.82 Å². The van der Waals surface area contributed by atoms with Crippen LogP contribution in [0.1, 0.15) is 55.7 Å². The van der Waals surface area contributed by atoms with Crippen molar-refractivity contribution in [2.75, 3.05) is 18.5 Å². The van der Waals surface area contributed by atoms with Crippen LogP contribution in [0.2, 0.25) is 0 Å². The summed E-state index contributed by atoms with van der Waals surface area (Å²) < 4.78 is 32.9. The summed E-state index contributed by atoms with van der Waals surface area (Å²) in [5, 5.41) is 28.2. The van der Waals surface area contributed by atoms with E-state index in [4.69, 9.17) is 9.88 Å². The Hall–Kier alpha value is -3.25. The van der Waals surface area contributed by atoms with Gasteiger partial charge in [-0.25, -0.2) is 15.1 Å². The molecule has 2 aromatic heterocycles. The molecule has 0 spiro atoms. The third-order valence-corrected chi connectivity index (χ3v) is 8.28. The van der Waals surface area contributed by atoms with Gasteiger partial charge in [0, 0.05) is 23.7 Å². The van der Waals surface area contributed by atoms with Gasteiger partial charge >= 0.3 is 10.3 Å². The quantitative estimate of drug-likeness (QED) is 0.349. The first kappa shape index (κ1) is 26.4. The van der Waals surface area contributed by atoms with E-state index in [2.05, 4.69) is 25.5 Å². The van der Waals surface area contributed by atoms with Gasteiger partial charge in [0.25, 0.3) is 0 Å². The summed E-state index contributed by atoms with van der Waals surface area (Å²) >= 11 is 1.09. The summed E-state index contributed by atoms with van der Waals surface area (Å²) in [5.41, 5.74) is 3.00. The summed E-state index contributed by atoms with van der Waals surface area (Å²) in [6, 6.07) is 11.5. The molecule has 4 atom stereocenters. The molecule has 3 heterocycles. The fourth-order valence-electron chi connectivity index (χ4n) is 4.97. The van der Waals surface area contributed by atoms with Gasteiger partial charge < -0.3 is 15.2 Å². The van der Waals surface area contributed by atoms with Crippen LogP contribution in [0.15, 0.2) is 42.9 Å². The molecule has 4 N–H and O–H groups in total. The van der Waals surface area contributed by atoms with Crippen molar-refractivity contribution in [3.63, 3.8) is 0 Å². The monoisotopic (exact) mass is 555 g/mol. The average Bonchev–Trinajstić information content (AvgIpc) is 3.49. The Morgan fingerprint density at radius 1 is 1.32 bits per heavy atom. The highest BCUT2D eigenvalue weighted by molar-refractivity contribution is 7.84. The molecule has 1 aliphatic carbocycles. The van der Waals surface area contributed by atoms with Crippen molar-refractivity contribution in [1.82, 2.24) is 9.97 Å². The van der Waals surface area contributed by atoms with Gasteiger partial charge in [0.2, 0.25) is 5.78 Å². The van der Waals surface area contributed by atoms with E-state index in [1.807, 2.05) is 24.3 Å². The topological polar surface area (TPSA) is 178 Å². The first-order valence-corrected chi connectivity index (χ1v) is 14.2. The smallest absolute Gasteiger partial charge is 0.333 e. The van der Waals surface area contributed by atoms with Gasteiger partial charge in [-0.15, -0.1) is 11.3 Å². The number of ketones is 1. The predicted molar refractivity (Wildman–Crippen MR) is 138 cm³/mol. The van der Waals surface area contributed by atoms with E-state index in [1.165, 1.54) is 12.5 Å². The van der Waals surface area contributed by atoms with Crippen LogP contribution in [0.3, 0.4) is 0 Å². The lowest BCUT2D eigenvalue weighted by molar-refractivity contribution is 0.0699. The highest BCUT2D eigenvalue weighted by Crippen LogP contribution is 2.38. The minimum absolute atomic E-state index is 0.216. The first-order chi connectivity index (χ1) is 18.2. The highest BCUT2D eigenvalue weighted by atomic mass is 32.2. The van der Waals surface area contributed by atoms with Crippen LogP contribution in [0.5, 0.6) is 0 Å². The molecule has 1 aliphatic heterocycles. The normalized spacial score (nSPS) is 23.0. The summed E-state index contributed by atoms with van der Waals surface area (Å²) in [6.07, 6.45) is 2.93. The number of nitrogens with one attached hydrogen (secondary N) is 1. The number of benzene rings is 1. The Balaban J connectivity index is 1.37. The van der Waals surface area contributed by atoms with Gasteiger partial charge in [-0.3, -0.25) is 8.98 Å². The molecule has 1 aromatic carbocycles. The molecule has 0 saturated heterocycles. The molecule has 0 bridgehead atoms. The van der Waals surface area contributed by atoms with E-state index < -0.39 is 28.4 Å². The predicted octanol–water partition coefficient (Wildman–Crippen LogP) is 2.07. The van der Waals surface area contributed by atoms with Gasteiger partial charge in [0.15, 0.2) is 0 Å². The van der Waals surface area contributed by atoms with Crippen molar-refractivity contribution in [2.45, 2.75) is 37.5 Å². The molecule has 0 radical (unpaired) electrons. The van der Waals surface area contributed by atoms with Crippen LogP contribution in [0.25, 0.3) is 0 Å². The zero-order chi connectivity index (χ0) is 26.9. The number of aliphatic hydroxyl groups is 1. The SMILES string of the molecule is N#Cc1sc(C(=O)c2cncnc2N[C@@H]2C[C@H](COS(N)(=O)=O)[C@@H](O)C2)cc1[C@H]1OCCc2ccccc21. The number of thiophene rings is 1. The number of nitrogens with two attached hydrogens (primary N) is 1. The van der Waals surface area contributed by atoms with Crippen molar-refractivity contribution in [3.8, 4) is 6.07 Å². The molecule has 5 rings (SSSR count). The maximum Gasteiger partial charge on any atom is 0.333 e. The molecule has 1 fully saturated rings. The van der Waals surface area contributed by atoms with Crippen LogP contribution < -0.4 is 10.5 Å². The van der Waals surface area contributed by atoms with Crippen molar-refractivity contribution in [2.24, 2.45) is 11.1 Å². The molecule has 11 nitrogen and oxygen atoms in total. The fraction of sp³-hybridized carbons (Fsp3) is 0.360. The van der Waals surface area contributed by atoms with E-state index in [0.29, 0.717) is 34.8 Å². The summed E-state index contributed by atoms with van der Waals surface area (Å²) in [4.78, 5) is 22.6. The molecule has 1 saturated carbocycles. The lowest BCUT2D eigenvalue weighted by Crippen LogP contribution is -2.24. The summed E-state index contributed by atoms with van der Waals surface area (Å²) in [6.45, 7) is 0.276. The molecular weight excluding hydrogens is 530 g/mol. The van der Waals surface area contributed by atoms with Crippen molar-refractivity contribution < 1.29 is 27.2 Å². The summed E-state index contributed by atoms with van der Waals surface area (Å²) in [7, 11) is -4.12. The minimum atomic E-state index is -4.12. The zero-order valence-electron chi connectivity index (χ0n) is 20.1. The number of aromatic nitrogens is 2. The number of fused-ring (bicyclic) bond motifs is 1. The number of anilines is 1. The van der Waals surface area contributed by atoms with Gasteiger partial charge in [-0.2, -0.15) is 13.7 Å². The molecule has 38 heavy (non-hydrogen) atoms. The van der Waals surface area contributed by atoms with E-state index in [-0.39, 0.29) is 29.8 Å². The Kier molecular flexibility index (Phi) is 7.53. The number of rotatable bonds is 8. The standard InChI is InChI=1S/C25H25N5O6S2/c26-10-22-18(24-17-4-2-1-3-14(17)5-6-35-24)9-21(37-22)23(32)19-11-28-13-29-25(19)30-16-7-15(20(31)8-16)12-36-38(27,33)34/h1-4,9,11,13,15-16,20,24,31H,5-8,12H2,(H2,27,33,34)(H,28,29,30)/t15-,16-,20+,24+/m1/s1. The van der Waals surface area contributed by atoms with Crippen molar-refractivity contribution >= 4 is 33.2 Å². The second-order valence-corrected chi connectivity index (χ2v) is 11.5. The number of carbonyl (C=O) groups excluding carboxylic acids is 1. The lowest BCUT2D eigenvalue weighted by atomic mass is 9.93. The number of ether oxygens (including phenoxy) is 1. The number of nitrogens with zero attached hydrogens (tertiary/aromatic N) is 3. The largest absolute Gasteiger partial charge is 0.393 e. The van der Waals surface area contributed by atoms with Crippen LogP contribution in [-0.2, 0) is 25.6 Å². The van der Waals surface area contributed by atoms with E-state index in [9.17, 15) is 23.6 Å². The number of nitriles is 1. The van der Waals surface area contributed by atoms with Gasteiger partial charge in [0.05, 0.1) is 29.8 Å². The van der Waals surface area contributed by atoms with Crippen LogP contribution >= 0.6 is 11.3 Å². The Morgan fingerprint density at radius 2 is 2.13 bits per heavy atom. The Labute approximate surface area is 223 Å². The van der Waals surface area contributed by atoms with Crippen molar-refractivity contribution in [3.05, 3.63) is 74.9 Å². The number of aliphatic hydroxyl groups excluding tert-OH is 1. The minimum Gasteiger partial charge on any atom is -0.393 e. The number of carbonyl (C=O) groups is 1. The first-order valence-electron chi connectivity index (χ1n) is 11.9. The van der Waals surface area contributed by atoms with E-state index in [1.54, 1.807) is 6.07 Å². The highest BCUT2D eigenvalue weighted by Gasteiger charge is 2.35. The maximum atomic E-state index is 13.6. The Morgan fingerprint density at radius 3 is 2.92 bits per heavy atom. The second kappa shape index (κ2) is 10.9. The maximum absolute atomic E-state index is 13.6. The van der Waals surface area contributed by atoms with Gasteiger partial charge in [0.1, 0.15) is 29.2 Å². The average molecular weight is 556 g/mol. The summed E-state index contributed by atoms with van der Waals surface area (Å²) in [5.74, 6) is -0.524. The van der Waals surface area contributed by atoms with Crippen LogP contribution in [-0.4, -0.2) is 54.6 Å². The van der Waals surface area contributed by atoms with Crippen LogP contribution in [0, 0.1) is 17.2 Å². The number of hydrogen-bond donors (Lipinski definition) is 3. The van der Waals surface area contributed by atoms with Crippen molar-refractivity contribution in [1.29, 1.82) is 5.26 Å². The molecule has 13 heteroatoms. The molecular formula is C25H25N5O6S2. The Bertz CT molecular complexity index is 1500. The molecule has 198 valence electrons. The third-order valence-electron chi connectivity index (χ3n) is 6.76. The zero-order valence-corrected chi connectivity index (χ0v) is 21.7. The van der Waals surface area contributed by atoms with E-state index in [0.717, 1.165) is 28.9 Å². The van der Waals surface area contributed by atoms with Gasteiger partial charge in [-0.1, -0.05) is 24.3 Å². The molecule has 0 amide bonds. The lowest BCUT2D eigenvalue weighted by Gasteiger charge is -2.25. The fourth-order valence-corrected chi connectivity index (χ4v) is 6.27. The van der Waals surface area contributed by atoms with E-state index >= 15 is 0 Å². The number of hydrogen-bond acceptors (Lipinski definition) is 11. The molecule has 0 unspecified atom stereocenters. The third kappa shape index (κ3) is 5.60. The second-order valence-electron chi connectivity index (χ2n) is 9.24.